The molecule has 0 rings (SSSR count). The third kappa shape index (κ3) is 6.13. The van der Waals surface area contributed by atoms with Crippen LogP contribution in [0.25, 0.3) is 0 Å². The molecule has 0 aliphatic heterocycles. The van der Waals surface area contributed by atoms with Gasteiger partial charge in [0.15, 0.2) is 0 Å². The molecule has 0 saturated heterocycles. The van der Waals surface area contributed by atoms with Gasteiger partial charge >= 0.3 is 0 Å². The van der Waals surface area contributed by atoms with Crippen LogP contribution in [-0.4, -0.2) is 18.0 Å². The summed E-state index contributed by atoms with van der Waals surface area (Å²) in [5.74, 6) is 0. The molecule has 0 aromatic carbocycles. The van der Waals surface area contributed by atoms with E-state index < -0.39 is 6.29 Å². The molecule has 0 aliphatic rings. The summed E-state index contributed by atoms with van der Waals surface area (Å²) in [5.41, 5.74) is -0.290. The average molecular weight is 202 g/mol. The van der Waals surface area contributed by atoms with Crippen molar-refractivity contribution in [2.45, 2.75) is 59.0 Å². The van der Waals surface area contributed by atoms with E-state index in [4.69, 9.17) is 14.5 Å². The van der Waals surface area contributed by atoms with E-state index in [1.807, 2.05) is 34.6 Å². The molecule has 0 radical (unpaired) electrons. The molecule has 0 saturated carbocycles. The van der Waals surface area contributed by atoms with Crippen LogP contribution in [0.1, 0.15) is 41.0 Å². The topological polar surface area (TPSA) is 27.7 Å². The standard InChI is InChI=1S/C11H22O3/c1-7-10(12-9(3)4)13-14-11(5,6)8-2/h7,9-10H,1,8H2,2-6H3. The summed E-state index contributed by atoms with van der Waals surface area (Å²) in [6, 6.07) is 0. The van der Waals surface area contributed by atoms with Crippen molar-refractivity contribution in [3.63, 3.8) is 0 Å². The lowest BCUT2D eigenvalue weighted by Gasteiger charge is -2.25. The number of hydrogen-bond donors (Lipinski definition) is 0. The Morgan fingerprint density at radius 2 is 1.93 bits per heavy atom. The summed E-state index contributed by atoms with van der Waals surface area (Å²) in [4.78, 5) is 10.4. The van der Waals surface area contributed by atoms with E-state index in [0.717, 1.165) is 6.42 Å². The van der Waals surface area contributed by atoms with Gasteiger partial charge in [-0.05, 0) is 40.2 Å². The Hall–Kier alpha value is -0.380. The van der Waals surface area contributed by atoms with Crippen molar-refractivity contribution in [1.82, 2.24) is 0 Å². The first-order valence-corrected chi connectivity index (χ1v) is 5.03. The van der Waals surface area contributed by atoms with E-state index in [0.29, 0.717) is 0 Å². The van der Waals surface area contributed by atoms with Crippen LogP contribution in [0.5, 0.6) is 0 Å². The molecule has 0 bridgehead atoms. The predicted molar refractivity (Wildman–Crippen MR) is 56.7 cm³/mol. The minimum atomic E-state index is -0.499. The first-order valence-electron chi connectivity index (χ1n) is 5.03. The fraction of sp³-hybridized carbons (Fsp3) is 0.818. The molecule has 1 atom stereocenters. The molecular formula is C11H22O3. The van der Waals surface area contributed by atoms with Gasteiger partial charge in [-0.2, -0.15) is 4.89 Å². The SMILES string of the molecule is C=CC(OOC(C)(C)CC)OC(C)C. The maximum Gasteiger partial charge on any atom is 0.210 e. The van der Waals surface area contributed by atoms with Gasteiger partial charge in [-0.25, -0.2) is 4.89 Å². The van der Waals surface area contributed by atoms with Gasteiger partial charge in [0.1, 0.15) is 0 Å². The lowest BCUT2D eigenvalue weighted by molar-refractivity contribution is -0.411. The van der Waals surface area contributed by atoms with Crippen LogP contribution in [0.2, 0.25) is 0 Å². The Morgan fingerprint density at radius 1 is 1.36 bits per heavy atom. The second-order valence-corrected chi connectivity index (χ2v) is 4.08. The lowest BCUT2D eigenvalue weighted by Crippen LogP contribution is -2.28. The summed E-state index contributed by atoms with van der Waals surface area (Å²) in [7, 11) is 0. The molecule has 0 aromatic rings. The van der Waals surface area contributed by atoms with Crippen LogP contribution in [-0.2, 0) is 14.5 Å². The van der Waals surface area contributed by atoms with Crippen LogP contribution in [0.3, 0.4) is 0 Å². The lowest BCUT2D eigenvalue weighted by atomic mass is 10.1. The van der Waals surface area contributed by atoms with Crippen LogP contribution in [0, 0.1) is 0 Å². The molecule has 0 heterocycles. The van der Waals surface area contributed by atoms with Gasteiger partial charge in [-0.3, -0.25) is 0 Å². The van der Waals surface area contributed by atoms with Crippen LogP contribution >= 0.6 is 0 Å². The molecule has 3 heteroatoms. The number of rotatable bonds is 7. The van der Waals surface area contributed by atoms with Gasteiger partial charge in [0.05, 0.1) is 11.7 Å². The third-order valence-corrected chi connectivity index (χ3v) is 1.82. The molecule has 14 heavy (non-hydrogen) atoms. The monoisotopic (exact) mass is 202 g/mol. The van der Waals surface area contributed by atoms with Crippen molar-refractivity contribution in [2.75, 3.05) is 0 Å². The molecular weight excluding hydrogens is 180 g/mol. The summed E-state index contributed by atoms with van der Waals surface area (Å²) < 4.78 is 5.37. The molecule has 0 aliphatic carbocycles. The van der Waals surface area contributed by atoms with E-state index in [2.05, 4.69) is 6.58 Å². The van der Waals surface area contributed by atoms with Gasteiger partial charge in [0.2, 0.25) is 6.29 Å². The van der Waals surface area contributed by atoms with Gasteiger partial charge in [0, 0.05) is 0 Å². The maximum atomic E-state index is 5.37. The third-order valence-electron chi connectivity index (χ3n) is 1.82. The summed E-state index contributed by atoms with van der Waals surface area (Å²) in [6.07, 6.45) is 2.04. The van der Waals surface area contributed by atoms with E-state index in [-0.39, 0.29) is 11.7 Å². The highest BCUT2D eigenvalue weighted by atomic mass is 17.2. The summed E-state index contributed by atoms with van der Waals surface area (Å²) in [6.45, 7) is 13.4. The van der Waals surface area contributed by atoms with E-state index in [1.165, 1.54) is 0 Å². The Morgan fingerprint density at radius 3 is 2.29 bits per heavy atom. The second-order valence-electron chi connectivity index (χ2n) is 4.08. The molecule has 84 valence electrons. The summed E-state index contributed by atoms with van der Waals surface area (Å²) >= 11 is 0. The van der Waals surface area contributed by atoms with Gasteiger partial charge in [-0.15, -0.1) is 0 Å². The van der Waals surface area contributed by atoms with Crippen LogP contribution in [0.15, 0.2) is 12.7 Å². The highest BCUT2D eigenvalue weighted by Crippen LogP contribution is 2.15. The molecule has 0 aromatic heterocycles. The average Bonchev–Trinajstić information content (AvgIpc) is 2.12. The second kappa shape index (κ2) is 6.17. The fourth-order valence-corrected chi connectivity index (χ4v) is 0.622. The minimum absolute atomic E-state index is 0.0892. The smallest absolute Gasteiger partial charge is 0.210 e. The highest BCUT2D eigenvalue weighted by molar-refractivity contribution is 4.72. The zero-order valence-electron chi connectivity index (χ0n) is 9.87. The first kappa shape index (κ1) is 13.6. The molecule has 1 unspecified atom stereocenters. The van der Waals surface area contributed by atoms with Crippen LogP contribution < -0.4 is 0 Å². The van der Waals surface area contributed by atoms with Crippen molar-refractivity contribution >= 4 is 0 Å². The molecule has 0 spiro atoms. The fourth-order valence-electron chi connectivity index (χ4n) is 0.622. The minimum Gasteiger partial charge on any atom is -0.344 e. The largest absolute Gasteiger partial charge is 0.344 e. The first-order chi connectivity index (χ1) is 6.41. The Labute approximate surface area is 87.0 Å². The maximum absolute atomic E-state index is 5.37. The van der Waals surface area contributed by atoms with Gasteiger partial charge in [-0.1, -0.05) is 13.5 Å². The molecule has 0 N–H and O–H groups in total. The zero-order chi connectivity index (χ0) is 11.2. The van der Waals surface area contributed by atoms with Crippen molar-refractivity contribution < 1.29 is 14.5 Å². The van der Waals surface area contributed by atoms with Gasteiger partial charge < -0.3 is 4.74 Å². The highest BCUT2D eigenvalue weighted by Gasteiger charge is 2.19. The molecule has 0 amide bonds. The van der Waals surface area contributed by atoms with Crippen molar-refractivity contribution in [3.05, 3.63) is 12.7 Å². The van der Waals surface area contributed by atoms with Crippen molar-refractivity contribution in [3.8, 4) is 0 Å². The number of hydrogen-bond acceptors (Lipinski definition) is 3. The van der Waals surface area contributed by atoms with Crippen molar-refractivity contribution in [2.24, 2.45) is 0 Å². The van der Waals surface area contributed by atoms with E-state index in [1.54, 1.807) is 6.08 Å². The summed E-state index contributed by atoms with van der Waals surface area (Å²) in [5, 5.41) is 0. The number of ether oxygens (including phenoxy) is 1. The molecule has 3 nitrogen and oxygen atoms in total. The van der Waals surface area contributed by atoms with E-state index >= 15 is 0 Å². The van der Waals surface area contributed by atoms with E-state index in [9.17, 15) is 0 Å². The quantitative estimate of drug-likeness (QED) is 0.275. The zero-order valence-corrected chi connectivity index (χ0v) is 9.87. The normalized spacial score (nSPS) is 14.4. The predicted octanol–water partition coefficient (Wildman–Crippen LogP) is 3.06. The van der Waals surface area contributed by atoms with Gasteiger partial charge in [0.25, 0.3) is 0 Å². The Bertz CT molecular complexity index is 164. The Kier molecular flexibility index (Phi) is 6.00. The molecule has 0 fully saturated rings. The Balaban J connectivity index is 3.89. The van der Waals surface area contributed by atoms with Crippen LogP contribution in [0.4, 0.5) is 0 Å². The van der Waals surface area contributed by atoms with Crippen molar-refractivity contribution in [1.29, 1.82) is 0 Å².